The highest BCUT2D eigenvalue weighted by molar-refractivity contribution is 6.25. The first-order valence-corrected chi connectivity index (χ1v) is 17.9. The van der Waals surface area contributed by atoms with Crippen molar-refractivity contribution in [2.24, 2.45) is 0 Å². The number of pyridine rings is 2. The zero-order valence-corrected chi connectivity index (χ0v) is 29.1. The fourth-order valence-electron chi connectivity index (χ4n) is 8.26. The predicted molar refractivity (Wildman–Crippen MR) is 218 cm³/mol. The number of rotatable bonds is 4. The van der Waals surface area contributed by atoms with E-state index in [1.54, 1.807) is 0 Å². The van der Waals surface area contributed by atoms with Crippen LogP contribution < -0.4 is 4.90 Å². The van der Waals surface area contributed by atoms with Crippen molar-refractivity contribution in [2.45, 2.75) is 19.3 Å². The van der Waals surface area contributed by atoms with Gasteiger partial charge in [0.2, 0.25) is 0 Å². The molecule has 52 heavy (non-hydrogen) atoms. The number of hydrogen-bond acceptors (Lipinski definition) is 3. The number of fused-ring (bicyclic) bond motifs is 8. The Labute approximate surface area is 303 Å². The van der Waals surface area contributed by atoms with Crippen molar-refractivity contribution in [3.8, 4) is 33.9 Å². The van der Waals surface area contributed by atoms with Gasteiger partial charge in [-0.05, 0) is 104 Å². The van der Waals surface area contributed by atoms with Crippen LogP contribution in [0.5, 0.6) is 0 Å². The van der Waals surface area contributed by atoms with Crippen LogP contribution in [0.4, 0.5) is 17.1 Å². The standard InChI is InChI=1S/C49H35N3/c1-49(2)41-20-10-11-25-47(41)52(34-14-4-3-5-15-34)48-29-27-33(31-42(48)49)44-22-13-24-46(51-44)45-23-12-21-43(50-45)32-26-28-39-37-18-7-6-16-35(37)36-17-8-9-19-38(36)40(39)30-32/h3-31H,1-2H3. The predicted octanol–water partition coefficient (Wildman–Crippen LogP) is 13.0. The van der Waals surface area contributed by atoms with Gasteiger partial charge in [0.05, 0.1) is 34.2 Å². The van der Waals surface area contributed by atoms with E-state index >= 15 is 0 Å². The van der Waals surface area contributed by atoms with E-state index in [1.807, 2.05) is 0 Å². The molecule has 7 aromatic carbocycles. The largest absolute Gasteiger partial charge is 0.310 e. The second-order valence-corrected chi connectivity index (χ2v) is 14.2. The quantitative estimate of drug-likeness (QED) is 0.175. The van der Waals surface area contributed by atoms with Gasteiger partial charge in [0.25, 0.3) is 0 Å². The Balaban J connectivity index is 1.05. The molecule has 0 saturated heterocycles. The summed E-state index contributed by atoms with van der Waals surface area (Å²) in [5.41, 5.74) is 11.7. The second-order valence-electron chi connectivity index (χ2n) is 14.2. The summed E-state index contributed by atoms with van der Waals surface area (Å²) >= 11 is 0. The summed E-state index contributed by atoms with van der Waals surface area (Å²) in [7, 11) is 0. The van der Waals surface area contributed by atoms with E-state index in [0.29, 0.717) is 0 Å². The van der Waals surface area contributed by atoms with Gasteiger partial charge in [0, 0.05) is 22.2 Å². The molecule has 1 aliphatic heterocycles. The van der Waals surface area contributed by atoms with Crippen molar-refractivity contribution in [1.29, 1.82) is 0 Å². The number of anilines is 3. The van der Waals surface area contributed by atoms with Gasteiger partial charge >= 0.3 is 0 Å². The third-order valence-corrected chi connectivity index (χ3v) is 10.8. The van der Waals surface area contributed by atoms with E-state index < -0.39 is 0 Å². The lowest BCUT2D eigenvalue weighted by atomic mass is 9.73. The average molecular weight is 666 g/mol. The monoisotopic (exact) mass is 665 g/mol. The van der Waals surface area contributed by atoms with Gasteiger partial charge in [-0.1, -0.05) is 129 Å². The third-order valence-electron chi connectivity index (χ3n) is 10.8. The van der Waals surface area contributed by atoms with Crippen LogP contribution in [0, 0.1) is 0 Å². The maximum Gasteiger partial charge on any atom is 0.0893 e. The van der Waals surface area contributed by atoms with Crippen LogP contribution in [-0.4, -0.2) is 9.97 Å². The SMILES string of the molecule is CC1(C)c2ccccc2N(c2ccccc2)c2ccc(-c3cccc(-c4cccc(-c5ccc6c7ccccc7c7ccccc7c6c5)n4)n3)cc21. The molecule has 0 fully saturated rings. The zero-order valence-electron chi connectivity index (χ0n) is 29.1. The van der Waals surface area contributed by atoms with Crippen LogP contribution in [-0.2, 0) is 5.41 Å². The molecule has 0 atom stereocenters. The van der Waals surface area contributed by atoms with Gasteiger partial charge in [-0.2, -0.15) is 0 Å². The molecule has 0 aliphatic carbocycles. The van der Waals surface area contributed by atoms with Crippen molar-refractivity contribution in [3.05, 3.63) is 187 Å². The molecule has 246 valence electrons. The molecule has 2 aromatic heterocycles. The van der Waals surface area contributed by atoms with Crippen LogP contribution in [0.2, 0.25) is 0 Å². The lowest BCUT2D eigenvalue weighted by Gasteiger charge is -2.42. The van der Waals surface area contributed by atoms with E-state index in [2.05, 4.69) is 195 Å². The molecule has 3 nitrogen and oxygen atoms in total. The zero-order chi connectivity index (χ0) is 34.8. The number of para-hydroxylation sites is 2. The van der Waals surface area contributed by atoms with Gasteiger partial charge in [0.1, 0.15) is 0 Å². The van der Waals surface area contributed by atoms with Crippen molar-refractivity contribution < 1.29 is 0 Å². The highest BCUT2D eigenvalue weighted by Crippen LogP contribution is 2.52. The Bertz CT molecular complexity index is 2800. The minimum absolute atomic E-state index is 0.196. The van der Waals surface area contributed by atoms with Crippen LogP contribution >= 0.6 is 0 Å². The Morgan fingerprint density at radius 1 is 0.365 bits per heavy atom. The molecule has 1 aliphatic rings. The number of aromatic nitrogens is 2. The normalized spacial score (nSPS) is 13.3. The topological polar surface area (TPSA) is 29.0 Å². The van der Waals surface area contributed by atoms with Crippen LogP contribution in [0.15, 0.2) is 176 Å². The molecule has 0 spiro atoms. The minimum atomic E-state index is -0.196. The summed E-state index contributed by atoms with van der Waals surface area (Å²) in [5, 5.41) is 7.58. The van der Waals surface area contributed by atoms with E-state index in [0.717, 1.165) is 39.6 Å². The summed E-state index contributed by atoms with van der Waals surface area (Å²) in [5.74, 6) is 0. The van der Waals surface area contributed by atoms with E-state index in [-0.39, 0.29) is 5.41 Å². The maximum absolute atomic E-state index is 5.22. The molecule has 10 rings (SSSR count). The maximum atomic E-state index is 5.22. The van der Waals surface area contributed by atoms with Gasteiger partial charge in [-0.25, -0.2) is 9.97 Å². The number of nitrogens with zero attached hydrogens (tertiary/aromatic N) is 3. The van der Waals surface area contributed by atoms with Gasteiger partial charge in [-0.3, -0.25) is 0 Å². The minimum Gasteiger partial charge on any atom is -0.310 e. The fraction of sp³-hybridized carbons (Fsp3) is 0.0612. The first-order valence-electron chi connectivity index (χ1n) is 17.9. The molecule has 0 saturated carbocycles. The van der Waals surface area contributed by atoms with E-state index in [4.69, 9.17) is 9.97 Å². The van der Waals surface area contributed by atoms with Gasteiger partial charge < -0.3 is 4.90 Å². The van der Waals surface area contributed by atoms with Crippen LogP contribution in [0.25, 0.3) is 66.2 Å². The molecule has 0 amide bonds. The highest BCUT2D eigenvalue weighted by atomic mass is 15.2. The van der Waals surface area contributed by atoms with Crippen LogP contribution in [0.1, 0.15) is 25.0 Å². The van der Waals surface area contributed by atoms with E-state index in [1.165, 1.54) is 54.8 Å². The van der Waals surface area contributed by atoms with Crippen molar-refractivity contribution in [3.63, 3.8) is 0 Å². The summed E-state index contributed by atoms with van der Waals surface area (Å²) in [4.78, 5) is 12.8. The first-order chi connectivity index (χ1) is 25.5. The first kappa shape index (κ1) is 30.3. The molecule has 3 heterocycles. The smallest absolute Gasteiger partial charge is 0.0893 e. The molecule has 0 bridgehead atoms. The molecular formula is C49H35N3. The average Bonchev–Trinajstić information content (AvgIpc) is 3.21. The van der Waals surface area contributed by atoms with Crippen LogP contribution in [0.3, 0.4) is 0 Å². The van der Waals surface area contributed by atoms with Gasteiger partial charge in [-0.15, -0.1) is 0 Å². The molecule has 9 aromatic rings. The fourth-order valence-corrected chi connectivity index (χ4v) is 8.26. The summed E-state index contributed by atoms with van der Waals surface area (Å²) in [6, 6.07) is 62.9. The Morgan fingerprint density at radius 3 is 1.50 bits per heavy atom. The Morgan fingerprint density at radius 2 is 0.846 bits per heavy atom. The third kappa shape index (κ3) is 4.74. The van der Waals surface area contributed by atoms with Crippen molar-refractivity contribution >= 4 is 49.4 Å². The molecule has 0 unspecified atom stereocenters. The number of benzene rings is 7. The molecular weight excluding hydrogens is 631 g/mol. The lowest BCUT2D eigenvalue weighted by Crippen LogP contribution is -2.30. The Kier molecular flexibility index (Phi) is 6.84. The number of hydrogen-bond donors (Lipinski definition) is 0. The molecule has 0 radical (unpaired) electrons. The lowest BCUT2D eigenvalue weighted by molar-refractivity contribution is 0.632. The Hall–Kier alpha value is -6.58. The summed E-state index contributed by atoms with van der Waals surface area (Å²) in [6.45, 7) is 4.65. The van der Waals surface area contributed by atoms with Crippen molar-refractivity contribution in [2.75, 3.05) is 4.90 Å². The van der Waals surface area contributed by atoms with Gasteiger partial charge in [0.15, 0.2) is 0 Å². The summed E-state index contributed by atoms with van der Waals surface area (Å²) < 4.78 is 0. The second kappa shape index (κ2) is 11.8. The highest BCUT2D eigenvalue weighted by Gasteiger charge is 2.37. The summed E-state index contributed by atoms with van der Waals surface area (Å²) in [6.07, 6.45) is 0. The van der Waals surface area contributed by atoms with E-state index in [9.17, 15) is 0 Å². The molecule has 3 heteroatoms. The van der Waals surface area contributed by atoms with Crippen molar-refractivity contribution in [1.82, 2.24) is 9.97 Å². The molecule has 0 N–H and O–H groups in total.